The van der Waals surface area contributed by atoms with Gasteiger partial charge in [-0.15, -0.1) is 6.58 Å². The molecule has 0 aromatic heterocycles. The van der Waals surface area contributed by atoms with Gasteiger partial charge in [0.05, 0.1) is 0 Å². The third-order valence-electron chi connectivity index (χ3n) is 3.04. The predicted octanol–water partition coefficient (Wildman–Crippen LogP) is 2.02. The summed E-state index contributed by atoms with van der Waals surface area (Å²) in [7, 11) is 2.70. The Morgan fingerprint density at radius 1 is 1.62 bits per heavy atom. The lowest BCUT2D eigenvalue weighted by Gasteiger charge is -2.38. The average Bonchev–Trinajstić information content (AvgIpc) is 2.09. The second-order valence-corrected chi connectivity index (χ2v) is 4.60. The molecule has 0 aromatic rings. The maximum absolute atomic E-state index is 11.5. The molecule has 74 valence electrons. The maximum Gasteiger partial charge on any atom is 0.136 e. The van der Waals surface area contributed by atoms with E-state index in [1.54, 1.807) is 6.92 Å². The van der Waals surface area contributed by atoms with Gasteiger partial charge in [0.25, 0.3) is 0 Å². The lowest BCUT2D eigenvalue weighted by Crippen LogP contribution is -2.39. The molecule has 0 aliphatic carbocycles. The quantitative estimate of drug-likeness (QED) is 0.512. The molecule has 0 amide bonds. The van der Waals surface area contributed by atoms with Crippen molar-refractivity contribution in [2.24, 2.45) is 5.41 Å². The van der Waals surface area contributed by atoms with E-state index in [0.29, 0.717) is 5.78 Å². The summed E-state index contributed by atoms with van der Waals surface area (Å²) < 4.78 is 2.20. The summed E-state index contributed by atoms with van der Waals surface area (Å²) in [5.41, 5.74) is -0.102. The molecule has 1 aliphatic heterocycles. The van der Waals surface area contributed by atoms with E-state index in [-0.39, 0.29) is 5.41 Å². The fourth-order valence-electron chi connectivity index (χ4n) is 1.93. The predicted molar refractivity (Wildman–Crippen MR) is 58.4 cm³/mol. The minimum Gasteiger partial charge on any atom is -0.299 e. The summed E-state index contributed by atoms with van der Waals surface area (Å²) in [5.74, 6) is 0.325. The molecule has 1 fully saturated rings. The zero-order chi connectivity index (χ0) is 9.90. The van der Waals surface area contributed by atoms with Crippen molar-refractivity contribution in [1.29, 1.82) is 0 Å². The van der Waals surface area contributed by atoms with Crippen LogP contribution in [0.1, 0.15) is 26.2 Å². The number of ketones is 1. The number of hydrogen-bond donors (Lipinski definition) is 0. The first kappa shape index (κ1) is 10.9. The molecular weight excluding hydrogens is 181 g/mol. The van der Waals surface area contributed by atoms with Gasteiger partial charge in [-0.2, -0.15) is 0 Å². The Balaban J connectivity index is 2.68. The van der Waals surface area contributed by atoms with Crippen LogP contribution in [0.15, 0.2) is 12.7 Å². The number of carbonyl (C=O) groups excluding carboxylic acids is 1. The molecule has 0 bridgehead atoms. The van der Waals surface area contributed by atoms with Crippen molar-refractivity contribution in [3.63, 3.8) is 0 Å². The summed E-state index contributed by atoms with van der Waals surface area (Å²) >= 11 is 0. The summed E-state index contributed by atoms with van der Waals surface area (Å²) in [5, 5.41) is 0. The largest absolute Gasteiger partial charge is 0.299 e. The molecule has 1 aliphatic rings. The fraction of sp³-hybridized carbons (Fsp3) is 0.700. The number of piperidine rings is 1. The maximum atomic E-state index is 11.5. The first-order valence-electron chi connectivity index (χ1n) is 4.72. The second-order valence-electron chi connectivity index (χ2n) is 3.87. The minimum atomic E-state index is -0.102. The Bertz CT molecular complexity index is 207. The number of rotatable bonds is 3. The molecule has 0 radical (unpaired) electrons. The third-order valence-corrected chi connectivity index (χ3v) is 3.55. The monoisotopic (exact) mass is 199 g/mol. The smallest absolute Gasteiger partial charge is 0.136 e. The Morgan fingerprint density at radius 3 is 2.54 bits per heavy atom. The van der Waals surface area contributed by atoms with Crippen LogP contribution in [0.5, 0.6) is 0 Å². The zero-order valence-corrected chi connectivity index (χ0v) is 9.41. The van der Waals surface area contributed by atoms with Crippen LogP contribution in [-0.4, -0.2) is 23.5 Å². The van der Waals surface area contributed by atoms with E-state index in [1.807, 2.05) is 6.08 Å². The molecule has 1 heterocycles. The van der Waals surface area contributed by atoms with Gasteiger partial charge in [-0.25, -0.2) is 0 Å². The number of nitrogens with zero attached hydrogens (tertiary/aromatic N) is 1. The van der Waals surface area contributed by atoms with Crippen molar-refractivity contribution in [1.82, 2.24) is 4.67 Å². The average molecular weight is 199 g/mol. The van der Waals surface area contributed by atoms with Crippen molar-refractivity contribution >= 4 is 15.2 Å². The van der Waals surface area contributed by atoms with E-state index in [9.17, 15) is 4.79 Å². The van der Waals surface area contributed by atoms with Gasteiger partial charge in [0.1, 0.15) is 5.78 Å². The van der Waals surface area contributed by atoms with Crippen LogP contribution in [0.25, 0.3) is 0 Å². The molecule has 1 unspecified atom stereocenters. The normalized spacial score (nSPS) is 22.6. The summed E-state index contributed by atoms with van der Waals surface area (Å²) in [6.07, 6.45) is 4.65. The standard InChI is InChI=1S/C10H18NOP/c1-3-4-10(9(2)12)5-7-11(13)8-6-10/h3H,1,4-8,13H2,2H3. The SMILES string of the molecule is C=CCC1(C(C)=O)CCN(P)CC1. The summed E-state index contributed by atoms with van der Waals surface area (Å²) in [6.45, 7) is 7.44. The zero-order valence-electron chi connectivity index (χ0n) is 8.25. The summed E-state index contributed by atoms with van der Waals surface area (Å²) in [6, 6.07) is 0. The van der Waals surface area contributed by atoms with E-state index in [2.05, 4.69) is 20.6 Å². The Labute approximate surface area is 82.6 Å². The van der Waals surface area contributed by atoms with E-state index in [0.717, 1.165) is 32.4 Å². The van der Waals surface area contributed by atoms with Crippen molar-refractivity contribution in [2.45, 2.75) is 26.2 Å². The Morgan fingerprint density at radius 2 is 2.15 bits per heavy atom. The van der Waals surface area contributed by atoms with Gasteiger partial charge < -0.3 is 0 Å². The van der Waals surface area contributed by atoms with Gasteiger partial charge in [-0.1, -0.05) is 15.5 Å². The Kier molecular flexibility index (Phi) is 3.63. The van der Waals surface area contributed by atoms with Gasteiger partial charge in [0.15, 0.2) is 0 Å². The Hall–Kier alpha value is -0.200. The first-order valence-corrected chi connectivity index (χ1v) is 5.24. The lowest BCUT2D eigenvalue weighted by atomic mass is 9.73. The molecule has 1 rings (SSSR count). The van der Waals surface area contributed by atoms with Crippen molar-refractivity contribution in [3.05, 3.63) is 12.7 Å². The van der Waals surface area contributed by atoms with Crippen LogP contribution < -0.4 is 0 Å². The number of Topliss-reactive ketones (excluding diaryl/α,β-unsaturated/α-hetero) is 1. The van der Waals surface area contributed by atoms with Crippen LogP contribution in [0.3, 0.4) is 0 Å². The van der Waals surface area contributed by atoms with E-state index >= 15 is 0 Å². The highest BCUT2D eigenvalue weighted by molar-refractivity contribution is 7.13. The molecule has 13 heavy (non-hydrogen) atoms. The highest BCUT2D eigenvalue weighted by atomic mass is 31.0. The lowest BCUT2D eigenvalue weighted by molar-refractivity contribution is -0.128. The molecular formula is C10H18NOP. The van der Waals surface area contributed by atoms with Crippen LogP contribution in [0.2, 0.25) is 0 Å². The molecule has 1 saturated heterocycles. The van der Waals surface area contributed by atoms with Gasteiger partial charge in [-0.3, -0.25) is 9.46 Å². The van der Waals surface area contributed by atoms with Gasteiger partial charge in [0, 0.05) is 18.5 Å². The molecule has 2 nitrogen and oxygen atoms in total. The van der Waals surface area contributed by atoms with Crippen molar-refractivity contribution in [3.8, 4) is 0 Å². The third kappa shape index (κ3) is 2.38. The molecule has 3 heteroatoms. The summed E-state index contributed by atoms with van der Waals surface area (Å²) in [4.78, 5) is 11.5. The van der Waals surface area contributed by atoms with E-state index in [4.69, 9.17) is 0 Å². The molecule has 1 atom stereocenters. The van der Waals surface area contributed by atoms with Crippen molar-refractivity contribution in [2.75, 3.05) is 13.1 Å². The van der Waals surface area contributed by atoms with Crippen LogP contribution >= 0.6 is 9.39 Å². The highest BCUT2D eigenvalue weighted by Crippen LogP contribution is 2.36. The molecule has 0 aromatic carbocycles. The first-order chi connectivity index (χ1) is 6.10. The number of carbonyl (C=O) groups is 1. The van der Waals surface area contributed by atoms with Gasteiger partial charge in [-0.05, 0) is 26.2 Å². The fourth-order valence-corrected chi connectivity index (χ4v) is 2.19. The van der Waals surface area contributed by atoms with Crippen LogP contribution in [0, 0.1) is 5.41 Å². The van der Waals surface area contributed by atoms with Crippen LogP contribution in [-0.2, 0) is 4.79 Å². The molecule has 0 saturated carbocycles. The molecule has 0 spiro atoms. The van der Waals surface area contributed by atoms with E-state index < -0.39 is 0 Å². The van der Waals surface area contributed by atoms with Crippen LogP contribution in [0.4, 0.5) is 0 Å². The second kappa shape index (κ2) is 4.34. The van der Waals surface area contributed by atoms with E-state index in [1.165, 1.54) is 0 Å². The van der Waals surface area contributed by atoms with Gasteiger partial charge in [0.2, 0.25) is 0 Å². The molecule has 0 N–H and O–H groups in total. The highest BCUT2D eigenvalue weighted by Gasteiger charge is 2.36. The minimum absolute atomic E-state index is 0.102. The van der Waals surface area contributed by atoms with Gasteiger partial charge >= 0.3 is 0 Å². The topological polar surface area (TPSA) is 20.3 Å². The number of allylic oxidation sites excluding steroid dienone is 1. The van der Waals surface area contributed by atoms with Crippen molar-refractivity contribution < 1.29 is 4.79 Å². The number of hydrogen-bond acceptors (Lipinski definition) is 2.